The van der Waals surface area contributed by atoms with Crippen molar-refractivity contribution >= 4 is 40.1 Å². The number of ether oxygens (including phenoxy) is 1. The molecule has 2 heterocycles. The molecule has 1 fully saturated rings. The van der Waals surface area contributed by atoms with Crippen molar-refractivity contribution in [1.82, 2.24) is 15.2 Å². The van der Waals surface area contributed by atoms with Crippen molar-refractivity contribution in [3.8, 4) is 11.5 Å². The third-order valence-corrected chi connectivity index (χ3v) is 6.10. The molecule has 2 aromatic heterocycles. The fraction of sp³-hybridized carbons (Fsp3) is 0.160. The Hall–Kier alpha value is -4.87. The van der Waals surface area contributed by atoms with Gasteiger partial charge in [-0.15, -0.1) is 0 Å². The number of rotatable bonds is 7. The number of fused-ring (bicyclic) bond motifs is 1. The number of amides is 3. The van der Waals surface area contributed by atoms with Gasteiger partial charge in [0.1, 0.15) is 16.8 Å². The smallest absolute Gasteiger partial charge is 0.254 e. The number of pyridine rings is 1. The van der Waals surface area contributed by atoms with Gasteiger partial charge in [-0.05, 0) is 56.2 Å². The average molecular weight is 506 g/mol. The SMILES string of the molecule is Cc1[nH]nc2ncc(C(N)=O)c(Oc3ccc(NC(=O)C4(C(=O)Nc5ccc(F)cc5)CC4)cc3F)c12. The maximum atomic E-state index is 15.0. The topological polar surface area (TPSA) is 152 Å². The number of hydrogen-bond donors (Lipinski definition) is 4. The van der Waals surface area contributed by atoms with E-state index in [2.05, 4.69) is 25.8 Å². The zero-order chi connectivity index (χ0) is 26.3. The maximum Gasteiger partial charge on any atom is 0.254 e. The molecule has 0 saturated heterocycles. The molecule has 12 heteroatoms. The van der Waals surface area contributed by atoms with Crippen molar-refractivity contribution in [1.29, 1.82) is 0 Å². The molecule has 5 rings (SSSR count). The van der Waals surface area contributed by atoms with E-state index in [9.17, 15) is 23.2 Å². The van der Waals surface area contributed by atoms with E-state index in [0.29, 0.717) is 29.6 Å². The minimum absolute atomic E-state index is 0.00571. The summed E-state index contributed by atoms with van der Waals surface area (Å²) >= 11 is 0. The van der Waals surface area contributed by atoms with Gasteiger partial charge in [-0.1, -0.05) is 0 Å². The van der Waals surface area contributed by atoms with E-state index in [4.69, 9.17) is 10.5 Å². The van der Waals surface area contributed by atoms with Gasteiger partial charge in [-0.3, -0.25) is 19.5 Å². The van der Waals surface area contributed by atoms with Crippen LogP contribution in [0.1, 0.15) is 28.9 Å². The van der Waals surface area contributed by atoms with Crippen molar-refractivity contribution in [3.05, 3.63) is 71.6 Å². The van der Waals surface area contributed by atoms with Crippen LogP contribution in [0.3, 0.4) is 0 Å². The molecule has 1 saturated carbocycles. The molecule has 5 N–H and O–H groups in total. The molecule has 3 amide bonds. The predicted octanol–water partition coefficient (Wildman–Crippen LogP) is 3.79. The molecule has 0 bridgehead atoms. The van der Waals surface area contributed by atoms with Crippen LogP contribution in [0.15, 0.2) is 48.7 Å². The van der Waals surface area contributed by atoms with Crippen LogP contribution >= 0.6 is 0 Å². The summed E-state index contributed by atoms with van der Waals surface area (Å²) in [5, 5.41) is 12.3. The number of halogens is 2. The number of hydrogen-bond acceptors (Lipinski definition) is 6. The van der Waals surface area contributed by atoms with Gasteiger partial charge in [0.15, 0.2) is 23.0 Å². The van der Waals surface area contributed by atoms with Gasteiger partial charge >= 0.3 is 0 Å². The first kappa shape index (κ1) is 23.9. The fourth-order valence-electron chi connectivity index (χ4n) is 3.87. The number of H-pyrrole nitrogens is 1. The molecular weight excluding hydrogens is 486 g/mol. The van der Waals surface area contributed by atoms with E-state index in [-0.39, 0.29) is 28.4 Å². The number of aromatic amines is 1. The van der Waals surface area contributed by atoms with Crippen LogP contribution in [0.4, 0.5) is 20.2 Å². The molecule has 1 aliphatic carbocycles. The zero-order valence-corrected chi connectivity index (χ0v) is 19.4. The highest BCUT2D eigenvalue weighted by Crippen LogP contribution is 2.47. The monoisotopic (exact) mass is 506 g/mol. The van der Waals surface area contributed by atoms with Gasteiger partial charge in [-0.2, -0.15) is 5.10 Å². The molecule has 2 aromatic carbocycles. The Morgan fingerprint density at radius 2 is 1.68 bits per heavy atom. The van der Waals surface area contributed by atoms with Crippen LogP contribution in [0, 0.1) is 24.0 Å². The van der Waals surface area contributed by atoms with Crippen molar-refractivity contribution in [3.63, 3.8) is 0 Å². The molecular formula is C25H20F2N6O4. The second-order valence-electron chi connectivity index (χ2n) is 8.66. The minimum atomic E-state index is -1.31. The Balaban J connectivity index is 1.34. The summed E-state index contributed by atoms with van der Waals surface area (Å²) in [6.07, 6.45) is 1.82. The number of aryl methyl sites for hydroxylation is 1. The number of primary amides is 1. The van der Waals surface area contributed by atoms with Crippen molar-refractivity contribution < 1.29 is 27.9 Å². The molecule has 0 radical (unpaired) electrons. The Kier molecular flexibility index (Phi) is 5.78. The molecule has 0 atom stereocenters. The highest BCUT2D eigenvalue weighted by molar-refractivity contribution is 6.17. The predicted molar refractivity (Wildman–Crippen MR) is 129 cm³/mol. The summed E-state index contributed by atoms with van der Waals surface area (Å²) in [4.78, 5) is 41.6. The molecule has 0 unspecified atom stereocenters. The van der Waals surface area contributed by atoms with Crippen molar-refractivity contribution in [2.24, 2.45) is 11.1 Å². The van der Waals surface area contributed by atoms with Crippen LogP contribution in [0.2, 0.25) is 0 Å². The summed E-state index contributed by atoms with van der Waals surface area (Å²) < 4.78 is 33.8. The number of anilines is 2. The summed E-state index contributed by atoms with van der Waals surface area (Å²) in [7, 11) is 0. The lowest BCUT2D eigenvalue weighted by Gasteiger charge is -2.16. The van der Waals surface area contributed by atoms with E-state index in [0.717, 1.165) is 6.07 Å². The molecule has 37 heavy (non-hydrogen) atoms. The first-order valence-electron chi connectivity index (χ1n) is 11.2. The van der Waals surface area contributed by atoms with E-state index in [1.165, 1.54) is 42.6 Å². The molecule has 0 aliphatic heterocycles. The first-order valence-corrected chi connectivity index (χ1v) is 11.2. The third kappa shape index (κ3) is 4.44. The van der Waals surface area contributed by atoms with Gasteiger partial charge in [0, 0.05) is 29.3 Å². The highest BCUT2D eigenvalue weighted by atomic mass is 19.1. The number of carbonyl (C=O) groups excluding carboxylic acids is 3. The average Bonchev–Trinajstić information content (AvgIpc) is 3.60. The molecule has 0 spiro atoms. The van der Waals surface area contributed by atoms with Gasteiger partial charge in [0.05, 0.1) is 5.39 Å². The largest absolute Gasteiger partial charge is 0.453 e. The van der Waals surface area contributed by atoms with Crippen molar-refractivity contribution in [2.75, 3.05) is 10.6 Å². The van der Waals surface area contributed by atoms with Crippen LogP contribution in [0.25, 0.3) is 11.0 Å². The van der Waals surface area contributed by atoms with Gasteiger partial charge in [-0.25, -0.2) is 13.8 Å². The second-order valence-corrected chi connectivity index (χ2v) is 8.66. The number of nitrogens with two attached hydrogens (primary N) is 1. The van der Waals surface area contributed by atoms with Crippen LogP contribution in [0.5, 0.6) is 11.5 Å². The third-order valence-electron chi connectivity index (χ3n) is 6.10. The van der Waals surface area contributed by atoms with E-state index < -0.39 is 34.8 Å². The molecule has 4 aromatic rings. The minimum Gasteiger partial charge on any atom is -0.453 e. The summed E-state index contributed by atoms with van der Waals surface area (Å²) in [6, 6.07) is 8.87. The van der Waals surface area contributed by atoms with E-state index in [1.807, 2.05) is 0 Å². The molecule has 10 nitrogen and oxygen atoms in total. The normalized spacial score (nSPS) is 13.7. The maximum absolute atomic E-state index is 15.0. The zero-order valence-electron chi connectivity index (χ0n) is 19.4. The van der Waals surface area contributed by atoms with Gasteiger partial charge < -0.3 is 21.1 Å². The lowest BCUT2D eigenvalue weighted by Crippen LogP contribution is -2.35. The Morgan fingerprint density at radius 3 is 2.30 bits per heavy atom. The number of carbonyl (C=O) groups is 3. The Bertz CT molecular complexity index is 1560. The quantitative estimate of drug-likeness (QED) is 0.280. The van der Waals surface area contributed by atoms with E-state index in [1.54, 1.807) is 6.92 Å². The molecule has 188 valence electrons. The first-order chi connectivity index (χ1) is 17.7. The van der Waals surface area contributed by atoms with Crippen LogP contribution in [-0.4, -0.2) is 32.9 Å². The number of aromatic nitrogens is 3. The standard InChI is InChI=1S/C25H20F2N6O4/c1-12-19-20(16(21(28)34)11-29-22(19)33-32-12)37-18-7-6-15(10-17(18)27)31-24(36)25(8-9-25)23(35)30-14-4-2-13(26)3-5-14/h2-7,10-11H,8-9H2,1H3,(H2,28,34)(H,30,35)(H,31,36)(H,29,32,33). The van der Waals surface area contributed by atoms with Gasteiger partial charge in [0.25, 0.3) is 5.91 Å². The summed E-state index contributed by atoms with van der Waals surface area (Å²) in [5.41, 5.74) is 5.33. The van der Waals surface area contributed by atoms with Crippen molar-refractivity contribution in [2.45, 2.75) is 19.8 Å². The highest BCUT2D eigenvalue weighted by Gasteiger charge is 2.56. The Morgan fingerprint density at radius 1 is 1.03 bits per heavy atom. The van der Waals surface area contributed by atoms with E-state index >= 15 is 0 Å². The lowest BCUT2D eigenvalue weighted by atomic mass is 10.0. The molecule has 1 aliphatic rings. The summed E-state index contributed by atoms with van der Waals surface area (Å²) in [5.74, 6) is -3.47. The van der Waals surface area contributed by atoms with Crippen LogP contribution in [-0.2, 0) is 9.59 Å². The van der Waals surface area contributed by atoms with Gasteiger partial charge in [0.2, 0.25) is 11.8 Å². The number of nitrogens with zero attached hydrogens (tertiary/aromatic N) is 2. The summed E-state index contributed by atoms with van der Waals surface area (Å²) in [6.45, 7) is 1.68. The van der Waals surface area contributed by atoms with Crippen LogP contribution < -0.4 is 21.1 Å². The lowest BCUT2D eigenvalue weighted by molar-refractivity contribution is -0.131. The number of nitrogens with one attached hydrogen (secondary N) is 3. The Labute approximate surface area is 208 Å². The second kappa shape index (κ2) is 8.97. The fourth-order valence-corrected chi connectivity index (χ4v) is 3.87. The number of benzene rings is 2.